The van der Waals surface area contributed by atoms with Gasteiger partial charge in [0.15, 0.2) is 0 Å². The van der Waals surface area contributed by atoms with E-state index < -0.39 is 5.41 Å². The first kappa shape index (κ1) is 28.6. The van der Waals surface area contributed by atoms with Crippen LogP contribution in [0.1, 0.15) is 33.7 Å². The first-order chi connectivity index (χ1) is 25.8. The van der Waals surface area contributed by atoms with E-state index in [0.717, 1.165) is 11.2 Å². The van der Waals surface area contributed by atoms with Crippen molar-refractivity contribution in [2.75, 3.05) is 0 Å². The van der Waals surface area contributed by atoms with Gasteiger partial charge >= 0.3 is 0 Å². The number of fused-ring (bicyclic) bond motifs is 15. The quantitative estimate of drug-likeness (QED) is 0.185. The molecule has 0 bridgehead atoms. The largest absolute Gasteiger partial charge is 0.456 e. The Labute approximate surface area is 305 Å². The van der Waals surface area contributed by atoms with Crippen LogP contribution in [0.5, 0.6) is 0 Å². The van der Waals surface area contributed by atoms with Gasteiger partial charge in [-0.25, -0.2) is 0 Å². The molecule has 0 saturated carbocycles. The fourth-order valence-corrected chi connectivity index (χ4v) is 11.2. The lowest BCUT2D eigenvalue weighted by Gasteiger charge is -2.34. The Bertz CT molecular complexity index is 2950. The zero-order valence-electron chi connectivity index (χ0n) is 28.2. The Balaban J connectivity index is 1.33. The van der Waals surface area contributed by atoms with E-state index in [2.05, 4.69) is 181 Å². The van der Waals surface area contributed by atoms with Crippen LogP contribution in [0.3, 0.4) is 0 Å². The Morgan fingerprint density at radius 3 is 2.04 bits per heavy atom. The summed E-state index contributed by atoms with van der Waals surface area (Å²) in [4.78, 5) is 1.32. The standard InChI is InChI=1S/C49H31NOS/c1-4-16-30(17-5-1)49(31-18-6-2-7-19-31)38-25-13-10-22-33(38)36-28-37-40(29-39(36)49)50(32-20-8-3-9-21-32)46-43(37)44-34-23-11-14-26-41(34)51-47(44)45-35-24-12-15-27-42(35)52-48(45)46/h1-29,35,42H. The molecular weight excluding hydrogens is 651 g/mol. The summed E-state index contributed by atoms with van der Waals surface area (Å²) in [6, 6.07) is 55.9. The van der Waals surface area contributed by atoms with E-state index in [-0.39, 0.29) is 5.92 Å². The zero-order chi connectivity index (χ0) is 34.0. The van der Waals surface area contributed by atoms with Crippen molar-refractivity contribution in [2.24, 2.45) is 0 Å². The maximum absolute atomic E-state index is 6.93. The molecule has 0 saturated heterocycles. The fraction of sp³-hybridized carbons (Fsp3) is 0.0612. The molecule has 2 aromatic heterocycles. The van der Waals surface area contributed by atoms with Gasteiger partial charge in [0.2, 0.25) is 0 Å². The molecule has 0 amide bonds. The maximum atomic E-state index is 6.93. The molecule has 0 fully saturated rings. The molecule has 52 heavy (non-hydrogen) atoms. The van der Waals surface area contributed by atoms with Gasteiger partial charge in [-0.2, -0.15) is 0 Å². The third kappa shape index (κ3) is 3.56. The summed E-state index contributed by atoms with van der Waals surface area (Å²) in [6.07, 6.45) is 9.15. The zero-order valence-corrected chi connectivity index (χ0v) is 29.0. The van der Waals surface area contributed by atoms with Gasteiger partial charge in [-0.15, -0.1) is 11.8 Å². The number of allylic oxidation sites excluding steroid dienone is 3. The van der Waals surface area contributed by atoms with E-state index >= 15 is 0 Å². The molecule has 2 aliphatic carbocycles. The van der Waals surface area contributed by atoms with Crippen LogP contribution < -0.4 is 0 Å². The molecule has 12 rings (SSSR count). The van der Waals surface area contributed by atoms with E-state index in [1.165, 1.54) is 82.1 Å². The SMILES string of the molecule is C1=CC2Sc3c(c4oc5ccccc5c4c4c5cc6c(cc5n(-c5ccccc5)c34)C(c3ccccc3)(c3ccccc3)c3ccccc3-6)C2C=C1. The van der Waals surface area contributed by atoms with E-state index in [1.807, 2.05) is 11.8 Å². The first-order valence-electron chi connectivity index (χ1n) is 18.1. The van der Waals surface area contributed by atoms with Gasteiger partial charge in [0.1, 0.15) is 11.2 Å². The van der Waals surface area contributed by atoms with Crippen molar-refractivity contribution in [1.82, 2.24) is 4.57 Å². The highest BCUT2D eigenvalue weighted by atomic mass is 32.2. The van der Waals surface area contributed by atoms with Crippen molar-refractivity contribution in [3.8, 4) is 16.8 Å². The summed E-state index contributed by atoms with van der Waals surface area (Å²) < 4.78 is 9.50. The number of aromatic nitrogens is 1. The third-order valence-corrected chi connectivity index (χ3v) is 13.2. The number of hydrogen-bond acceptors (Lipinski definition) is 2. The molecule has 3 heterocycles. The lowest BCUT2D eigenvalue weighted by molar-refractivity contribution is 0.657. The van der Waals surface area contributed by atoms with Crippen molar-refractivity contribution in [1.29, 1.82) is 0 Å². The molecule has 3 aliphatic rings. The van der Waals surface area contributed by atoms with Gasteiger partial charge in [0, 0.05) is 48.9 Å². The molecule has 0 radical (unpaired) electrons. The fourth-order valence-electron chi connectivity index (χ4n) is 9.77. The molecule has 2 nitrogen and oxygen atoms in total. The Morgan fingerprint density at radius 1 is 0.577 bits per heavy atom. The number of para-hydroxylation sites is 2. The second-order valence-corrected chi connectivity index (χ2v) is 15.4. The van der Waals surface area contributed by atoms with Crippen LogP contribution in [-0.2, 0) is 5.41 Å². The predicted molar refractivity (Wildman–Crippen MR) is 216 cm³/mol. The van der Waals surface area contributed by atoms with Gasteiger partial charge in [-0.05, 0) is 63.7 Å². The number of rotatable bonds is 3. The van der Waals surface area contributed by atoms with Crippen molar-refractivity contribution < 1.29 is 4.42 Å². The second kappa shape index (κ2) is 10.5. The van der Waals surface area contributed by atoms with Crippen LogP contribution in [0.4, 0.5) is 0 Å². The molecule has 7 aromatic carbocycles. The molecule has 3 heteroatoms. The third-order valence-electron chi connectivity index (χ3n) is 11.8. The van der Waals surface area contributed by atoms with Gasteiger partial charge in [0.05, 0.1) is 16.4 Å². The van der Waals surface area contributed by atoms with Crippen LogP contribution in [0.2, 0.25) is 0 Å². The topological polar surface area (TPSA) is 18.1 Å². The van der Waals surface area contributed by atoms with Crippen LogP contribution in [0, 0.1) is 0 Å². The normalized spacial score (nSPS) is 17.9. The summed E-state index contributed by atoms with van der Waals surface area (Å²) in [6.45, 7) is 0. The predicted octanol–water partition coefficient (Wildman–Crippen LogP) is 12.7. The van der Waals surface area contributed by atoms with Crippen LogP contribution in [0.25, 0.3) is 60.6 Å². The Morgan fingerprint density at radius 2 is 1.25 bits per heavy atom. The summed E-state index contributed by atoms with van der Waals surface area (Å²) in [5.74, 6) is 0.250. The highest BCUT2D eigenvalue weighted by molar-refractivity contribution is 8.00. The number of benzene rings is 7. The van der Waals surface area contributed by atoms with Crippen molar-refractivity contribution >= 4 is 55.5 Å². The minimum absolute atomic E-state index is 0.250. The molecule has 9 aromatic rings. The number of hydrogen-bond donors (Lipinski definition) is 0. The maximum Gasteiger partial charge on any atom is 0.141 e. The van der Waals surface area contributed by atoms with Gasteiger partial charge in [-0.1, -0.05) is 146 Å². The number of thioether (sulfide) groups is 1. The van der Waals surface area contributed by atoms with Crippen molar-refractivity contribution in [2.45, 2.75) is 21.5 Å². The summed E-state index contributed by atoms with van der Waals surface area (Å²) in [5, 5.41) is 5.24. The average Bonchev–Trinajstić information content (AvgIpc) is 3.95. The van der Waals surface area contributed by atoms with E-state index in [9.17, 15) is 0 Å². The minimum Gasteiger partial charge on any atom is -0.456 e. The van der Waals surface area contributed by atoms with Crippen LogP contribution >= 0.6 is 11.8 Å². The van der Waals surface area contributed by atoms with Crippen LogP contribution in [-0.4, -0.2) is 9.82 Å². The molecule has 2 atom stereocenters. The van der Waals surface area contributed by atoms with Gasteiger partial charge in [0.25, 0.3) is 0 Å². The van der Waals surface area contributed by atoms with Gasteiger partial charge < -0.3 is 8.98 Å². The highest BCUT2D eigenvalue weighted by Gasteiger charge is 2.47. The molecular formula is C49H31NOS. The monoisotopic (exact) mass is 681 g/mol. The molecule has 0 spiro atoms. The highest BCUT2D eigenvalue weighted by Crippen LogP contribution is 2.60. The average molecular weight is 682 g/mol. The summed E-state index contributed by atoms with van der Waals surface area (Å²) in [5.41, 5.74) is 14.2. The smallest absolute Gasteiger partial charge is 0.141 e. The Hall–Kier alpha value is -6.03. The molecule has 0 N–H and O–H groups in total. The van der Waals surface area contributed by atoms with Crippen molar-refractivity contribution in [3.63, 3.8) is 0 Å². The summed E-state index contributed by atoms with van der Waals surface area (Å²) in [7, 11) is 0. The van der Waals surface area contributed by atoms with E-state index in [1.54, 1.807) is 0 Å². The van der Waals surface area contributed by atoms with Gasteiger partial charge in [-0.3, -0.25) is 0 Å². The lowest BCUT2D eigenvalue weighted by Crippen LogP contribution is -2.28. The molecule has 2 unspecified atom stereocenters. The second-order valence-electron chi connectivity index (χ2n) is 14.3. The Kier molecular flexibility index (Phi) is 5.79. The van der Waals surface area contributed by atoms with Crippen LogP contribution in [0.15, 0.2) is 185 Å². The van der Waals surface area contributed by atoms with E-state index in [4.69, 9.17) is 4.42 Å². The minimum atomic E-state index is -0.487. The number of furan rings is 1. The van der Waals surface area contributed by atoms with E-state index in [0.29, 0.717) is 5.25 Å². The van der Waals surface area contributed by atoms with Crippen molar-refractivity contribution in [3.05, 3.63) is 204 Å². The molecule has 1 aliphatic heterocycles. The molecule has 244 valence electrons. The summed E-state index contributed by atoms with van der Waals surface area (Å²) >= 11 is 1.99. The number of nitrogens with zero attached hydrogens (tertiary/aromatic N) is 1. The first-order valence-corrected chi connectivity index (χ1v) is 19.0. The lowest BCUT2D eigenvalue weighted by atomic mass is 9.67.